The highest BCUT2D eigenvalue weighted by atomic mass is 16.7. The Hall–Kier alpha value is -1.03. The average molecular weight is 238 g/mol. The van der Waals surface area contributed by atoms with Gasteiger partial charge in [-0.05, 0) is 31.8 Å². The number of hydrogen-bond acceptors (Lipinski definition) is 3. The molecule has 1 fully saturated rings. The van der Waals surface area contributed by atoms with E-state index in [9.17, 15) is 4.79 Å². The number of carbonyl (C=O) groups excluding carboxylic acids is 1. The van der Waals surface area contributed by atoms with E-state index in [1.807, 2.05) is 11.0 Å². The van der Waals surface area contributed by atoms with Crippen LogP contribution < -0.4 is 5.48 Å². The van der Waals surface area contributed by atoms with E-state index in [4.69, 9.17) is 4.84 Å². The Kier molecular flexibility index (Phi) is 3.72. The molecule has 2 atom stereocenters. The summed E-state index contributed by atoms with van der Waals surface area (Å²) in [5, 5.41) is 0. The Morgan fingerprint density at radius 2 is 2.35 bits per heavy atom. The van der Waals surface area contributed by atoms with Gasteiger partial charge in [-0.3, -0.25) is 4.79 Å². The lowest BCUT2D eigenvalue weighted by atomic mass is 9.92. The van der Waals surface area contributed by atoms with Crippen LogP contribution in [0.3, 0.4) is 0 Å². The van der Waals surface area contributed by atoms with E-state index in [-0.39, 0.29) is 17.7 Å². The maximum absolute atomic E-state index is 12.6. The van der Waals surface area contributed by atoms with Crippen LogP contribution in [0.1, 0.15) is 33.6 Å². The summed E-state index contributed by atoms with van der Waals surface area (Å²) in [6.07, 6.45) is 4.22. The highest BCUT2D eigenvalue weighted by Crippen LogP contribution is 2.28. The molecule has 0 saturated carbocycles. The summed E-state index contributed by atoms with van der Waals surface area (Å²) in [5.74, 6) is 1.15. The van der Waals surface area contributed by atoms with E-state index in [1.54, 1.807) is 0 Å². The molecule has 1 saturated heterocycles. The van der Waals surface area contributed by atoms with Gasteiger partial charge in [0, 0.05) is 12.6 Å². The molecule has 96 valence electrons. The van der Waals surface area contributed by atoms with Gasteiger partial charge in [0.2, 0.25) is 5.91 Å². The van der Waals surface area contributed by atoms with Crippen LogP contribution in [0.5, 0.6) is 0 Å². The zero-order valence-corrected chi connectivity index (χ0v) is 10.9. The molecule has 0 aromatic carbocycles. The van der Waals surface area contributed by atoms with Gasteiger partial charge in [-0.15, -0.1) is 0 Å². The summed E-state index contributed by atoms with van der Waals surface area (Å²) in [4.78, 5) is 19.9. The van der Waals surface area contributed by atoms with Crippen molar-refractivity contribution in [3.8, 4) is 0 Å². The summed E-state index contributed by atoms with van der Waals surface area (Å²) < 4.78 is 0. The molecule has 4 heteroatoms. The zero-order valence-electron chi connectivity index (χ0n) is 10.9. The molecule has 1 amide bonds. The van der Waals surface area contributed by atoms with Gasteiger partial charge in [0.25, 0.3) is 0 Å². The van der Waals surface area contributed by atoms with Crippen molar-refractivity contribution in [2.24, 2.45) is 11.8 Å². The van der Waals surface area contributed by atoms with Crippen LogP contribution in [-0.4, -0.2) is 29.9 Å². The number of nitrogens with zero attached hydrogens (tertiary/aromatic N) is 1. The van der Waals surface area contributed by atoms with Crippen molar-refractivity contribution in [3.05, 3.63) is 11.8 Å². The van der Waals surface area contributed by atoms with E-state index in [2.05, 4.69) is 26.3 Å². The molecular weight excluding hydrogens is 216 g/mol. The highest BCUT2D eigenvalue weighted by molar-refractivity contribution is 5.82. The number of hydrogen-bond donors (Lipinski definition) is 1. The van der Waals surface area contributed by atoms with E-state index in [1.165, 1.54) is 0 Å². The quantitative estimate of drug-likeness (QED) is 0.813. The molecule has 1 N–H and O–H groups in total. The van der Waals surface area contributed by atoms with Crippen LogP contribution in [0.15, 0.2) is 11.8 Å². The Balaban J connectivity index is 2.13. The van der Waals surface area contributed by atoms with Gasteiger partial charge >= 0.3 is 0 Å². The lowest BCUT2D eigenvalue weighted by molar-refractivity contribution is -0.137. The SMILES string of the molecule is CC(C)C(C(=O)N1CCCC1C)C1=CCNO1. The number of nitrogens with one attached hydrogen (secondary N) is 1. The van der Waals surface area contributed by atoms with Crippen LogP contribution in [0, 0.1) is 11.8 Å². The first-order valence-corrected chi connectivity index (χ1v) is 6.51. The fraction of sp³-hybridized carbons (Fsp3) is 0.769. The predicted octanol–water partition coefficient (Wildman–Crippen LogP) is 1.69. The molecule has 0 aromatic rings. The molecule has 0 bridgehead atoms. The van der Waals surface area contributed by atoms with Crippen molar-refractivity contribution in [2.45, 2.75) is 39.7 Å². The van der Waals surface area contributed by atoms with Gasteiger partial charge < -0.3 is 9.74 Å². The first-order valence-electron chi connectivity index (χ1n) is 6.51. The lowest BCUT2D eigenvalue weighted by Crippen LogP contribution is -2.41. The standard InChI is InChI=1S/C13H22N2O2/c1-9(2)12(11-6-7-14-17-11)13(16)15-8-4-5-10(15)3/h6,9-10,12,14H,4-5,7-8H2,1-3H3. The largest absolute Gasteiger partial charge is 0.412 e. The zero-order chi connectivity index (χ0) is 12.4. The van der Waals surface area contributed by atoms with Gasteiger partial charge in [0.15, 0.2) is 0 Å². The summed E-state index contributed by atoms with van der Waals surface area (Å²) in [6, 6.07) is 0.374. The molecule has 0 radical (unpaired) electrons. The maximum Gasteiger partial charge on any atom is 0.233 e. The summed E-state index contributed by atoms with van der Waals surface area (Å²) in [6.45, 7) is 7.87. The van der Waals surface area contributed by atoms with Crippen LogP contribution >= 0.6 is 0 Å². The average Bonchev–Trinajstić information content (AvgIpc) is 2.88. The van der Waals surface area contributed by atoms with Crippen molar-refractivity contribution >= 4 is 5.91 Å². The summed E-state index contributed by atoms with van der Waals surface area (Å²) in [7, 11) is 0. The van der Waals surface area contributed by atoms with Crippen LogP contribution in [0.4, 0.5) is 0 Å². The molecule has 0 spiro atoms. The first-order chi connectivity index (χ1) is 8.11. The normalized spacial score (nSPS) is 26.0. The molecule has 2 heterocycles. The molecule has 2 rings (SSSR count). The second-order valence-electron chi connectivity index (χ2n) is 5.30. The van der Waals surface area contributed by atoms with E-state index in [0.29, 0.717) is 12.6 Å². The van der Waals surface area contributed by atoms with Gasteiger partial charge in [0.1, 0.15) is 11.7 Å². The van der Waals surface area contributed by atoms with Crippen LogP contribution in [0.25, 0.3) is 0 Å². The van der Waals surface area contributed by atoms with Crippen molar-refractivity contribution < 1.29 is 9.63 Å². The molecule has 0 aromatic heterocycles. The number of amides is 1. The third-order valence-corrected chi connectivity index (χ3v) is 3.65. The lowest BCUT2D eigenvalue weighted by Gasteiger charge is -2.29. The summed E-state index contributed by atoms with van der Waals surface area (Å²) >= 11 is 0. The van der Waals surface area contributed by atoms with E-state index >= 15 is 0 Å². The van der Waals surface area contributed by atoms with Gasteiger partial charge in [-0.25, -0.2) is 0 Å². The first kappa shape index (κ1) is 12.4. The summed E-state index contributed by atoms with van der Waals surface area (Å²) in [5.41, 5.74) is 2.80. The number of carbonyl (C=O) groups is 1. The minimum Gasteiger partial charge on any atom is -0.412 e. The minimum atomic E-state index is -0.134. The Morgan fingerprint density at radius 1 is 1.59 bits per heavy atom. The molecular formula is C13H22N2O2. The predicted molar refractivity (Wildman–Crippen MR) is 65.9 cm³/mol. The number of likely N-dealkylation sites (tertiary alicyclic amines) is 1. The number of rotatable bonds is 3. The Bertz CT molecular complexity index is 325. The van der Waals surface area contributed by atoms with Crippen LogP contribution in [-0.2, 0) is 9.63 Å². The third-order valence-electron chi connectivity index (χ3n) is 3.65. The van der Waals surface area contributed by atoms with Gasteiger partial charge in [-0.1, -0.05) is 13.8 Å². The van der Waals surface area contributed by atoms with E-state index in [0.717, 1.165) is 25.1 Å². The van der Waals surface area contributed by atoms with Crippen molar-refractivity contribution in [1.29, 1.82) is 0 Å². The minimum absolute atomic E-state index is 0.134. The second-order valence-corrected chi connectivity index (χ2v) is 5.30. The van der Waals surface area contributed by atoms with Gasteiger partial charge in [-0.2, -0.15) is 5.48 Å². The van der Waals surface area contributed by atoms with Crippen molar-refractivity contribution in [3.63, 3.8) is 0 Å². The van der Waals surface area contributed by atoms with Crippen molar-refractivity contribution in [2.75, 3.05) is 13.1 Å². The number of hydroxylamine groups is 1. The molecule has 2 aliphatic rings. The highest BCUT2D eigenvalue weighted by Gasteiger charge is 2.36. The van der Waals surface area contributed by atoms with Crippen LogP contribution in [0.2, 0.25) is 0 Å². The monoisotopic (exact) mass is 238 g/mol. The maximum atomic E-state index is 12.6. The smallest absolute Gasteiger partial charge is 0.233 e. The Morgan fingerprint density at radius 3 is 2.82 bits per heavy atom. The topological polar surface area (TPSA) is 41.6 Å². The molecule has 0 aliphatic carbocycles. The fourth-order valence-electron chi connectivity index (χ4n) is 2.67. The molecule has 4 nitrogen and oxygen atoms in total. The van der Waals surface area contributed by atoms with E-state index < -0.39 is 0 Å². The third kappa shape index (κ3) is 2.46. The molecule has 2 aliphatic heterocycles. The molecule has 17 heavy (non-hydrogen) atoms. The van der Waals surface area contributed by atoms with Gasteiger partial charge in [0.05, 0.1) is 6.54 Å². The van der Waals surface area contributed by atoms with Crippen molar-refractivity contribution in [1.82, 2.24) is 10.4 Å². The fourth-order valence-corrected chi connectivity index (χ4v) is 2.67. The Labute approximate surface area is 103 Å². The second kappa shape index (κ2) is 5.08. The molecule has 2 unspecified atom stereocenters.